The van der Waals surface area contributed by atoms with Crippen LogP contribution in [-0.4, -0.2) is 5.11 Å². The number of rotatable bonds is 2. The van der Waals surface area contributed by atoms with E-state index in [1.807, 2.05) is 18.2 Å². The van der Waals surface area contributed by atoms with Crippen molar-refractivity contribution in [2.24, 2.45) is 0 Å². The minimum atomic E-state index is -0.0328. The zero-order chi connectivity index (χ0) is 13.6. The lowest BCUT2D eigenvalue weighted by molar-refractivity contribution is 0.474. The number of hydrogen-bond acceptors (Lipinski definition) is 1. The van der Waals surface area contributed by atoms with Crippen LogP contribution in [0.1, 0.15) is 25.0 Å². The van der Waals surface area contributed by atoms with Gasteiger partial charge >= 0.3 is 0 Å². The number of benzene rings is 2. The van der Waals surface area contributed by atoms with E-state index in [0.717, 1.165) is 0 Å². The molecule has 2 aromatic rings. The molecule has 0 amide bonds. The zero-order valence-electron chi connectivity index (χ0n) is 11.1. The molecule has 0 spiro atoms. The van der Waals surface area contributed by atoms with E-state index in [4.69, 9.17) is 0 Å². The molecule has 0 unspecified atom stereocenters. The Morgan fingerprint density at radius 1 is 0.778 bits per heavy atom. The average molecular weight is 240 g/mol. The summed E-state index contributed by atoms with van der Waals surface area (Å²) >= 11 is 0. The number of phenolic OH excluding ortho intramolecular Hbond substituents is 1. The van der Waals surface area contributed by atoms with Gasteiger partial charge in [-0.2, -0.15) is 0 Å². The van der Waals surface area contributed by atoms with Crippen molar-refractivity contribution in [3.05, 3.63) is 78.9 Å². The summed E-state index contributed by atoms with van der Waals surface area (Å²) in [7, 11) is 0. The van der Waals surface area contributed by atoms with Crippen molar-refractivity contribution >= 4 is 0 Å². The molecule has 0 saturated carbocycles. The van der Waals surface area contributed by atoms with Crippen molar-refractivity contribution in [2.45, 2.75) is 19.3 Å². The maximum Gasteiger partial charge on any atom is 0.115 e. The van der Waals surface area contributed by atoms with E-state index in [0.29, 0.717) is 5.75 Å². The van der Waals surface area contributed by atoms with Gasteiger partial charge in [-0.15, -0.1) is 13.2 Å². The molecule has 1 heteroatoms. The van der Waals surface area contributed by atoms with E-state index in [-0.39, 0.29) is 5.41 Å². The van der Waals surface area contributed by atoms with Gasteiger partial charge in [0.05, 0.1) is 0 Å². The van der Waals surface area contributed by atoms with Gasteiger partial charge < -0.3 is 5.11 Å². The van der Waals surface area contributed by atoms with Crippen LogP contribution in [0.3, 0.4) is 0 Å². The molecule has 0 bridgehead atoms. The van der Waals surface area contributed by atoms with E-state index >= 15 is 0 Å². The highest BCUT2D eigenvalue weighted by Crippen LogP contribution is 2.31. The van der Waals surface area contributed by atoms with Crippen molar-refractivity contribution in [2.75, 3.05) is 0 Å². The fourth-order valence-corrected chi connectivity index (χ4v) is 1.90. The third-order valence-corrected chi connectivity index (χ3v) is 3.08. The summed E-state index contributed by atoms with van der Waals surface area (Å²) < 4.78 is 0. The van der Waals surface area contributed by atoms with Gasteiger partial charge in [-0.25, -0.2) is 0 Å². The molecule has 2 rings (SSSR count). The number of aromatic hydroxyl groups is 1. The molecule has 0 aliphatic heterocycles. The maximum absolute atomic E-state index is 9.29. The summed E-state index contributed by atoms with van der Waals surface area (Å²) in [5.74, 6) is 0.313. The van der Waals surface area contributed by atoms with Crippen LogP contribution in [0.25, 0.3) is 0 Å². The minimum absolute atomic E-state index is 0.0328. The van der Waals surface area contributed by atoms with E-state index < -0.39 is 0 Å². The molecule has 94 valence electrons. The van der Waals surface area contributed by atoms with Crippen LogP contribution in [0.15, 0.2) is 67.8 Å². The van der Waals surface area contributed by atoms with Gasteiger partial charge in [0.15, 0.2) is 0 Å². The van der Waals surface area contributed by atoms with Gasteiger partial charge in [0.1, 0.15) is 5.75 Å². The number of hydrogen-bond donors (Lipinski definition) is 1. The number of phenols is 1. The molecule has 0 aliphatic rings. The Hall–Kier alpha value is -2.02. The molecular weight excluding hydrogens is 220 g/mol. The topological polar surface area (TPSA) is 20.2 Å². The van der Waals surface area contributed by atoms with Crippen LogP contribution in [0.4, 0.5) is 0 Å². The Bertz CT molecular complexity index is 469. The maximum atomic E-state index is 9.29. The molecule has 2 aromatic carbocycles. The lowest BCUT2D eigenvalue weighted by atomic mass is 9.78. The lowest BCUT2D eigenvalue weighted by Gasteiger charge is -2.26. The molecule has 18 heavy (non-hydrogen) atoms. The molecule has 1 nitrogen and oxygen atoms in total. The van der Waals surface area contributed by atoms with Crippen molar-refractivity contribution < 1.29 is 5.11 Å². The highest BCUT2D eigenvalue weighted by atomic mass is 16.3. The Balaban J connectivity index is 0.000000771. The molecule has 0 aliphatic carbocycles. The highest BCUT2D eigenvalue weighted by molar-refractivity contribution is 5.39. The average Bonchev–Trinajstić information content (AvgIpc) is 2.42. The normalized spacial score (nSPS) is 10.3. The van der Waals surface area contributed by atoms with E-state index in [2.05, 4.69) is 51.3 Å². The quantitative estimate of drug-likeness (QED) is 0.765. The second kappa shape index (κ2) is 6.06. The van der Waals surface area contributed by atoms with Crippen LogP contribution >= 0.6 is 0 Å². The van der Waals surface area contributed by atoms with Crippen molar-refractivity contribution in [1.82, 2.24) is 0 Å². The third-order valence-electron chi connectivity index (χ3n) is 3.08. The SMILES string of the molecule is C=C.CC(C)(c1ccccc1)c1ccc(O)cc1. The Morgan fingerprint density at radius 2 is 1.22 bits per heavy atom. The molecule has 0 fully saturated rings. The van der Waals surface area contributed by atoms with Crippen LogP contribution in [-0.2, 0) is 5.41 Å². The van der Waals surface area contributed by atoms with Gasteiger partial charge in [0.2, 0.25) is 0 Å². The Morgan fingerprint density at radius 3 is 1.72 bits per heavy atom. The minimum Gasteiger partial charge on any atom is -0.508 e. The van der Waals surface area contributed by atoms with Gasteiger partial charge in [0, 0.05) is 5.41 Å². The Labute approximate surface area is 109 Å². The van der Waals surface area contributed by atoms with E-state index in [1.54, 1.807) is 12.1 Å². The molecular formula is C17H20O. The van der Waals surface area contributed by atoms with Crippen molar-refractivity contribution in [3.8, 4) is 5.75 Å². The van der Waals surface area contributed by atoms with Crippen LogP contribution in [0, 0.1) is 0 Å². The first-order valence-electron chi connectivity index (χ1n) is 5.96. The summed E-state index contributed by atoms with van der Waals surface area (Å²) in [6.07, 6.45) is 0. The van der Waals surface area contributed by atoms with Crippen molar-refractivity contribution in [3.63, 3.8) is 0 Å². The van der Waals surface area contributed by atoms with Gasteiger partial charge in [-0.05, 0) is 23.3 Å². The van der Waals surface area contributed by atoms with E-state index in [1.165, 1.54) is 11.1 Å². The smallest absolute Gasteiger partial charge is 0.115 e. The van der Waals surface area contributed by atoms with Gasteiger partial charge in [-0.1, -0.05) is 56.3 Å². The first-order chi connectivity index (χ1) is 8.60. The summed E-state index contributed by atoms with van der Waals surface area (Å²) in [4.78, 5) is 0. The summed E-state index contributed by atoms with van der Waals surface area (Å²) in [6.45, 7) is 10.4. The van der Waals surface area contributed by atoms with Crippen LogP contribution in [0.2, 0.25) is 0 Å². The van der Waals surface area contributed by atoms with Crippen LogP contribution < -0.4 is 0 Å². The highest BCUT2D eigenvalue weighted by Gasteiger charge is 2.22. The first-order valence-corrected chi connectivity index (χ1v) is 5.96. The second-order valence-corrected chi connectivity index (χ2v) is 4.54. The van der Waals surface area contributed by atoms with E-state index in [9.17, 15) is 5.11 Å². The molecule has 1 N–H and O–H groups in total. The van der Waals surface area contributed by atoms with Crippen molar-refractivity contribution in [1.29, 1.82) is 0 Å². The molecule has 0 aromatic heterocycles. The fourth-order valence-electron chi connectivity index (χ4n) is 1.90. The summed E-state index contributed by atoms with van der Waals surface area (Å²) in [5.41, 5.74) is 2.45. The van der Waals surface area contributed by atoms with Crippen LogP contribution in [0.5, 0.6) is 5.75 Å². The third kappa shape index (κ3) is 3.01. The molecule has 0 atom stereocenters. The predicted molar refractivity (Wildman–Crippen MR) is 77.9 cm³/mol. The standard InChI is InChI=1S/C15H16O.C2H4/c1-15(2,12-6-4-3-5-7-12)13-8-10-14(16)11-9-13;1-2/h3-11,16H,1-2H3;1-2H2. The first kappa shape index (κ1) is 14.0. The summed E-state index contributed by atoms with van der Waals surface area (Å²) in [6, 6.07) is 17.8. The zero-order valence-corrected chi connectivity index (χ0v) is 11.1. The second-order valence-electron chi connectivity index (χ2n) is 4.54. The van der Waals surface area contributed by atoms with Gasteiger partial charge in [-0.3, -0.25) is 0 Å². The Kier molecular flexibility index (Phi) is 4.73. The van der Waals surface area contributed by atoms with Gasteiger partial charge in [0.25, 0.3) is 0 Å². The molecule has 0 saturated heterocycles. The summed E-state index contributed by atoms with van der Waals surface area (Å²) in [5, 5.41) is 9.29. The predicted octanol–water partition coefficient (Wildman–Crippen LogP) is 4.52. The fraction of sp³-hybridized carbons (Fsp3) is 0.176. The monoisotopic (exact) mass is 240 g/mol. The lowest BCUT2D eigenvalue weighted by Crippen LogP contribution is -2.18. The molecule has 0 radical (unpaired) electrons. The molecule has 0 heterocycles. The largest absolute Gasteiger partial charge is 0.508 e.